The number of fused-ring (bicyclic) bond motifs is 1. The molecule has 24 heavy (non-hydrogen) atoms. The molecule has 2 aromatic rings. The summed E-state index contributed by atoms with van der Waals surface area (Å²) in [5.41, 5.74) is 0.567. The van der Waals surface area contributed by atoms with Gasteiger partial charge in [0.1, 0.15) is 0 Å². The lowest BCUT2D eigenvalue weighted by Crippen LogP contribution is -3.11. The van der Waals surface area contributed by atoms with Gasteiger partial charge in [-0.2, -0.15) is 0 Å². The van der Waals surface area contributed by atoms with Crippen LogP contribution in [0.4, 0.5) is 0 Å². The van der Waals surface area contributed by atoms with E-state index in [4.69, 9.17) is 21.7 Å². The fraction of sp³-hybridized carbons (Fsp3) is 0.529. The fourth-order valence-electron chi connectivity index (χ4n) is 2.87. The van der Waals surface area contributed by atoms with Gasteiger partial charge in [-0.1, -0.05) is 0 Å². The molecule has 2 N–H and O–H groups in total. The molecular weight excluding hydrogens is 326 g/mol. The van der Waals surface area contributed by atoms with Gasteiger partial charge in [0.2, 0.25) is 0 Å². The predicted molar refractivity (Wildman–Crippen MR) is 98.0 cm³/mol. The summed E-state index contributed by atoms with van der Waals surface area (Å²) in [6.45, 7) is 8.17. The van der Waals surface area contributed by atoms with Crippen LogP contribution in [0.15, 0.2) is 16.9 Å². The van der Waals surface area contributed by atoms with Crippen molar-refractivity contribution < 1.29 is 14.4 Å². The van der Waals surface area contributed by atoms with Gasteiger partial charge >= 0.3 is 0 Å². The number of H-pyrrole nitrogens is 1. The number of quaternary nitrogens is 1. The minimum Gasteiger partial charge on any atom is -0.493 e. The molecule has 132 valence electrons. The normalized spacial score (nSPS) is 11.2. The van der Waals surface area contributed by atoms with Crippen molar-refractivity contribution in [2.24, 2.45) is 0 Å². The first-order chi connectivity index (χ1) is 11.5. The van der Waals surface area contributed by atoms with Crippen LogP contribution in [-0.4, -0.2) is 43.4 Å². The zero-order chi connectivity index (χ0) is 17.7. The minimum atomic E-state index is -0.0933. The summed E-state index contributed by atoms with van der Waals surface area (Å²) in [5, 5.41) is 0.552. The topological polar surface area (TPSA) is 60.7 Å². The lowest BCUT2D eigenvalue weighted by atomic mass is 10.2. The van der Waals surface area contributed by atoms with Crippen molar-refractivity contribution in [2.45, 2.75) is 26.8 Å². The van der Waals surface area contributed by atoms with E-state index in [9.17, 15) is 4.79 Å². The van der Waals surface area contributed by atoms with Gasteiger partial charge in [0, 0.05) is 19.0 Å². The second kappa shape index (κ2) is 8.30. The van der Waals surface area contributed by atoms with Crippen LogP contribution in [0, 0.1) is 4.77 Å². The first kappa shape index (κ1) is 18.5. The highest BCUT2D eigenvalue weighted by molar-refractivity contribution is 7.71. The van der Waals surface area contributed by atoms with Crippen LogP contribution in [0.25, 0.3) is 10.9 Å². The zero-order valence-corrected chi connectivity index (χ0v) is 15.6. The van der Waals surface area contributed by atoms with E-state index < -0.39 is 0 Å². The third kappa shape index (κ3) is 3.79. The van der Waals surface area contributed by atoms with Crippen LogP contribution in [0.2, 0.25) is 0 Å². The monoisotopic (exact) mass is 352 g/mol. The van der Waals surface area contributed by atoms with Gasteiger partial charge in [0.15, 0.2) is 16.3 Å². The molecule has 2 rings (SSSR count). The molecule has 0 aliphatic rings. The van der Waals surface area contributed by atoms with Crippen molar-refractivity contribution in [2.75, 3.05) is 33.9 Å². The lowest BCUT2D eigenvalue weighted by Gasteiger charge is -2.16. The van der Waals surface area contributed by atoms with E-state index in [2.05, 4.69) is 18.8 Å². The summed E-state index contributed by atoms with van der Waals surface area (Å²) in [7, 11) is 3.12. The van der Waals surface area contributed by atoms with E-state index in [0.717, 1.165) is 26.1 Å². The number of rotatable bonds is 8. The molecule has 0 aliphatic carbocycles. The molecule has 1 heterocycles. The SMILES string of the molecule is CC[NH+](CC)CCCn1c(=S)[nH]c2cc(OC)c(OC)cc2c1=O. The summed E-state index contributed by atoms with van der Waals surface area (Å²) < 4.78 is 12.6. The van der Waals surface area contributed by atoms with Gasteiger partial charge < -0.3 is 19.4 Å². The molecule has 0 saturated carbocycles. The Hall–Kier alpha value is -1.86. The van der Waals surface area contributed by atoms with Crippen LogP contribution in [0.3, 0.4) is 0 Å². The molecule has 6 nitrogen and oxygen atoms in total. The summed E-state index contributed by atoms with van der Waals surface area (Å²) >= 11 is 5.37. The number of nitrogens with zero attached hydrogens (tertiary/aromatic N) is 1. The Morgan fingerprint density at radius 3 is 2.38 bits per heavy atom. The molecule has 0 saturated heterocycles. The summed E-state index contributed by atoms with van der Waals surface area (Å²) in [5.74, 6) is 1.10. The lowest BCUT2D eigenvalue weighted by molar-refractivity contribution is -0.896. The van der Waals surface area contributed by atoms with Crippen LogP contribution >= 0.6 is 12.2 Å². The third-order valence-corrected chi connectivity index (χ3v) is 4.72. The number of hydrogen-bond donors (Lipinski definition) is 2. The number of methoxy groups -OCH3 is 2. The second-order valence-electron chi connectivity index (χ2n) is 5.70. The van der Waals surface area contributed by atoms with E-state index in [1.165, 1.54) is 4.90 Å². The maximum absolute atomic E-state index is 12.8. The fourth-order valence-corrected chi connectivity index (χ4v) is 3.16. The molecule has 0 atom stereocenters. The van der Waals surface area contributed by atoms with Crippen molar-refractivity contribution in [3.63, 3.8) is 0 Å². The zero-order valence-electron chi connectivity index (χ0n) is 14.8. The van der Waals surface area contributed by atoms with Crippen LogP contribution in [0.1, 0.15) is 20.3 Å². The van der Waals surface area contributed by atoms with Gasteiger partial charge in [-0.15, -0.1) is 0 Å². The molecule has 7 heteroatoms. The number of aromatic amines is 1. The quantitative estimate of drug-likeness (QED) is 0.705. The smallest absolute Gasteiger partial charge is 0.262 e. The van der Waals surface area contributed by atoms with Crippen LogP contribution in [-0.2, 0) is 6.54 Å². The summed E-state index contributed by atoms with van der Waals surface area (Å²) in [4.78, 5) is 17.5. The summed E-state index contributed by atoms with van der Waals surface area (Å²) in [6.07, 6.45) is 0.910. The predicted octanol–water partition coefficient (Wildman–Crippen LogP) is 1.39. The highest BCUT2D eigenvalue weighted by Gasteiger charge is 2.12. The number of aromatic nitrogens is 2. The number of benzene rings is 1. The Morgan fingerprint density at radius 2 is 1.79 bits per heavy atom. The van der Waals surface area contributed by atoms with Crippen LogP contribution < -0.4 is 19.9 Å². The Balaban J connectivity index is 2.38. The molecule has 0 radical (unpaired) electrons. The maximum atomic E-state index is 12.8. The molecule has 0 bridgehead atoms. The second-order valence-corrected chi connectivity index (χ2v) is 6.09. The first-order valence-corrected chi connectivity index (χ1v) is 8.68. The average Bonchev–Trinajstić information content (AvgIpc) is 2.60. The van der Waals surface area contributed by atoms with Gasteiger partial charge in [-0.25, -0.2) is 0 Å². The molecular formula is C17H26N3O3S+. The minimum absolute atomic E-state index is 0.0933. The van der Waals surface area contributed by atoms with E-state index in [0.29, 0.717) is 33.7 Å². The Labute approximate surface area is 147 Å². The molecule has 0 spiro atoms. The van der Waals surface area contributed by atoms with E-state index in [1.54, 1.807) is 30.9 Å². The largest absolute Gasteiger partial charge is 0.493 e. The van der Waals surface area contributed by atoms with Crippen molar-refractivity contribution in [3.8, 4) is 11.5 Å². The van der Waals surface area contributed by atoms with Crippen molar-refractivity contribution in [1.82, 2.24) is 9.55 Å². The van der Waals surface area contributed by atoms with Gasteiger partial charge in [0.05, 0.1) is 44.8 Å². The number of hydrogen-bond acceptors (Lipinski definition) is 4. The van der Waals surface area contributed by atoms with Gasteiger partial charge in [0.25, 0.3) is 5.56 Å². The Morgan fingerprint density at radius 1 is 1.17 bits per heavy atom. The van der Waals surface area contributed by atoms with E-state index in [-0.39, 0.29) is 5.56 Å². The maximum Gasteiger partial charge on any atom is 0.262 e. The standard InChI is InChI=1S/C17H25N3O3S/c1-5-19(6-2)8-7-9-20-16(21)12-10-14(22-3)15(23-4)11-13(12)18-17(20)24/h10-11H,5-9H2,1-4H3,(H,18,24)/p+1. The molecule has 1 aromatic heterocycles. The Bertz CT molecular complexity index is 809. The van der Waals surface area contributed by atoms with Crippen LogP contribution in [0.5, 0.6) is 11.5 Å². The van der Waals surface area contributed by atoms with Crippen molar-refractivity contribution >= 4 is 23.1 Å². The van der Waals surface area contributed by atoms with E-state index in [1.807, 2.05) is 0 Å². The molecule has 0 amide bonds. The molecule has 0 fully saturated rings. The number of nitrogens with one attached hydrogen (secondary N) is 2. The highest BCUT2D eigenvalue weighted by Crippen LogP contribution is 2.29. The Kier molecular flexibility index (Phi) is 6.39. The highest BCUT2D eigenvalue weighted by atomic mass is 32.1. The van der Waals surface area contributed by atoms with E-state index >= 15 is 0 Å². The molecule has 0 aliphatic heterocycles. The van der Waals surface area contributed by atoms with Crippen molar-refractivity contribution in [1.29, 1.82) is 0 Å². The molecule has 0 unspecified atom stereocenters. The first-order valence-electron chi connectivity index (χ1n) is 8.28. The molecule has 1 aromatic carbocycles. The van der Waals surface area contributed by atoms with Gasteiger partial charge in [-0.05, 0) is 32.1 Å². The van der Waals surface area contributed by atoms with Gasteiger partial charge in [-0.3, -0.25) is 9.36 Å². The van der Waals surface area contributed by atoms with Crippen molar-refractivity contribution in [3.05, 3.63) is 27.3 Å². The number of ether oxygens (including phenoxy) is 2. The average molecular weight is 352 g/mol. The summed E-state index contributed by atoms with van der Waals surface area (Å²) in [6, 6.07) is 3.45. The third-order valence-electron chi connectivity index (χ3n) is 4.40.